The molecule has 1 atom stereocenters. The maximum absolute atomic E-state index is 12.8. The van der Waals surface area contributed by atoms with Gasteiger partial charge in [-0.15, -0.1) is 0 Å². The molecular formula is C16H19N3O3. The fraction of sp³-hybridized carbons (Fsp3) is 0.438. The van der Waals surface area contributed by atoms with Crippen LogP contribution in [0.1, 0.15) is 31.4 Å². The number of hydrogen-bond donors (Lipinski definition) is 2. The van der Waals surface area contributed by atoms with Crippen LogP contribution in [0.5, 0.6) is 0 Å². The molecule has 6 nitrogen and oxygen atoms in total. The average Bonchev–Trinajstić information content (AvgIpc) is 2.93. The van der Waals surface area contributed by atoms with Crippen LogP contribution in [0.25, 0.3) is 0 Å². The lowest BCUT2D eigenvalue weighted by Crippen LogP contribution is -2.44. The molecule has 0 bridgehead atoms. The van der Waals surface area contributed by atoms with Crippen LogP contribution in [0, 0.1) is 0 Å². The first-order chi connectivity index (χ1) is 10.4. The number of nitrogens with one attached hydrogen (secondary N) is 2. The predicted octanol–water partition coefficient (Wildman–Crippen LogP) is 0.904. The SMILES string of the molecule is CC(C)NC(=O)CN1C(=O)NC2(CCc3ccccc32)C1=O. The third kappa shape index (κ3) is 2.15. The van der Waals surface area contributed by atoms with E-state index in [-0.39, 0.29) is 24.4 Å². The summed E-state index contributed by atoms with van der Waals surface area (Å²) in [6.45, 7) is 3.42. The minimum Gasteiger partial charge on any atom is -0.352 e. The van der Waals surface area contributed by atoms with Crippen LogP contribution in [0.2, 0.25) is 0 Å². The molecule has 2 aliphatic rings. The fourth-order valence-electron chi connectivity index (χ4n) is 3.24. The van der Waals surface area contributed by atoms with Gasteiger partial charge in [0, 0.05) is 6.04 Å². The van der Waals surface area contributed by atoms with Crippen LogP contribution in [-0.4, -0.2) is 35.3 Å². The molecule has 1 aliphatic carbocycles. The van der Waals surface area contributed by atoms with Crippen molar-refractivity contribution in [3.63, 3.8) is 0 Å². The van der Waals surface area contributed by atoms with Crippen LogP contribution in [0.4, 0.5) is 4.79 Å². The molecule has 2 N–H and O–H groups in total. The van der Waals surface area contributed by atoms with Gasteiger partial charge in [-0.05, 0) is 37.8 Å². The first-order valence-electron chi connectivity index (χ1n) is 7.46. The zero-order valence-corrected chi connectivity index (χ0v) is 12.7. The molecule has 1 aliphatic heterocycles. The lowest BCUT2D eigenvalue weighted by molar-refractivity contribution is -0.135. The van der Waals surface area contributed by atoms with Crippen LogP contribution in [0.15, 0.2) is 24.3 Å². The summed E-state index contributed by atoms with van der Waals surface area (Å²) in [4.78, 5) is 37.9. The van der Waals surface area contributed by atoms with Gasteiger partial charge in [0.05, 0.1) is 0 Å². The topological polar surface area (TPSA) is 78.5 Å². The Balaban J connectivity index is 1.85. The summed E-state index contributed by atoms with van der Waals surface area (Å²) in [5.41, 5.74) is 0.927. The predicted molar refractivity (Wildman–Crippen MR) is 80.0 cm³/mol. The lowest BCUT2D eigenvalue weighted by Gasteiger charge is -2.22. The van der Waals surface area contributed by atoms with Gasteiger partial charge >= 0.3 is 6.03 Å². The van der Waals surface area contributed by atoms with Crippen LogP contribution < -0.4 is 10.6 Å². The van der Waals surface area contributed by atoms with Crippen molar-refractivity contribution in [3.8, 4) is 0 Å². The molecule has 0 radical (unpaired) electrons. The number of urea groups is 1. The van der Waals surface area contributed by atoms with Gasteiger partial charge in [-0.25, -0.2) is 4.79 Å². The van der Waals surface area contributed by atoms with Crippen molar-refractivity contribution in [3.05, 3.63) is 35.4 Å². The van der Waals surface area contributed by atoms with Crippen molar-refractivity contribution in [1.82, 2.24) is 15.5 Å². The van der Waals surface area contributed by atoms with E-state index in [1.54, 1.807) is 0 Å². The molecule has 1 aromatic rings. The molecule has 22 heavy (non-hydrogen) atoms. The van der Waals surface area contributed by atoms with Crippen molar-refractivity contribution in [2.45, 2.75) is 38.3 Å². The number of rotatable bonds is 3. The maximum Gasteiger partial charge on any atom is 0.325 e. The van der Waals surface area contributed by atoms with E-state index in [1.165, 1.54) is 0 Å². The molecule has 1 spiro atoms. The minimum atomic E-state index is -0.994. The van der Waals surface area contributed by atoms with Crippen molar-refractivity contribution >= 4 is 17.8 Å². The zero-order valence-electron chi connectivity index (χ0n) is 12.7. The highest BCUT2D eigenvalue weighted by molar-refractivity contribution is 6.09. The van der Waals surface area contributed by atoms with Gasteiger partial charge in [-0.3, -0.25) is 14.5 Å². The molecule has 0 saturated carbocycles. The summed E-state index contributed by atoms with van der Waals surface area (Å²) in [5, 5.41) is 5.50. The quantitative estimate of drug-likeness (QED) is 0.814. The Kier molecular flexibility index (Phi) is 3.39. The van der Waals surface area contributed by atoms with Gasteiger partial charge in [-0.1, -0.05) is 24.3 Å². The Labute approximate surface area is 128 Å². The second kappa shape index (κ2) is 5.12. The summed E-state index contributed by atoms with van der Waals surface area (Å²) in [7, 11) is 0. The number of carbonyl (C=O) groups is 3. The van der Waals surface area contributed by atoms with Crippen LogP contribution in [0.3, 0.4) is 0 Å². The van der Waals surface area contributed by atoms with Gasteiger partial charge < -0.3 is 10.6 Å². The summed E-state index contributed by atoms with van der Waals surface area (Å²) in [6, 6.07) is 7.09. The van der Waals surface area contributed by atoms with E-state index in [4.69, 9.17) is 0 Å². The minimum absolute atomic E-state index is 0.0329. The van der Waals surface area contributed by atoms with Gasteiger partial charge in [0.25, 0.3) is 5.91 Å². The van der Waals surface area contributed by atoms with Crippen molar-refractivity contribution in [2.24, 2.45) is 0 Å². The molecule has 116 valence electrons. The molecule has 1 saturated heterocycles. The summed E-state index contributed by atoms with van der Waals surface area (Å²) < 4.78 is 0. The molecule has 0 aromatic heterocycles. The Morgan fingerprint density at radius 3 is 2.82 bits per heavy atom. The summed E-state index contributed by atoms with van der Waals surface area (Å²) in [5.74, 6) is -0.664. The number of amides is 4. The monoisotopic (exact) mass is 301 g/mol. The number of hydrogen-bond acceptors (Lipinski definition) is 3. The molecule has 6 heteroatoms. The first-order valence-corrected chi connectivity index (χ1v) is 7.46. The molecule has 4 amide bonds. The van der Waals surface area contributed by atoms with E-state index in [0.29, 0.717) is 6.42 Å². The Morgan fingerprint density at radius 2 is 2.09 bits per heavy atom. The highest BCUT2D eigenvalue weighted by atomic mass is 16.2. The highest BCUT2D eigenvalue weighted by Crippen LogP contribution is 2.41. The van der Waals surface area contributed by atoms with E-state index in [9.17, 15) is 14.4 Å². The smallest absolute Gasteiger partial charge is 0.325 e. The number of imide groups is 1. The zero-order chi connectivity index (χ0) is 15.9. The number of benzene rings is 1. The van der Waals surface area contributed by atoms with Crippen LogP contribution in [-0.2, 0) is 21.5 Å². The Morgan fingerprint density at radius 1 is 1.36 bits per heavy atom. The molecule has 1 aromatic carbocycles. The largest absolute Gasteiger partial charge is 0.352 e. The molecule has 1 unspecified atom stereocenters. The fourth-order valence-corrected chi connectivity index (χ4v) is 3.24. The lowest BCUT2D eigenvalue weighted by atomic mass is 9.92. The van der Waals surface area contributed by atoms with Gasteiger partial charge in [-0.2, -0.15) is 0 Å². The number of fused-ring (bicyclic) bond motifs is 2. The summed E-state index contributed by atoms with van der Waals surface area (Å²) in [6.07, 6.45) is 1.29. The van der Waals surface area contributed by atoms with Crippen molar-refractivity contribution < 1.29 is 14.4 Å². The third-order valence-electron chi connectivity index (χ3n) is 4.17. The third-order valence-corrected chi connectivity index (χ3v) is 4.17. The second-order valence-corrected chi connectivity index (χ2v) is 6.11. The van der Waals surface area contributed by atoms with Gasteiger partial charge in [0.2, 0.25) is 5.91 Å². The average molecular weight is 301 g/mol. The Bertz CT molecular complexity index is 656. The van der Waals surface area contributed by atoms with Gasteiger partial charge in [0.1, 0.15) is 12.1 Å². The maximum atomic E-state index is 12.8. The summed E-state index contributed by atoms with van der Waals surface area (Å²) >= 11 is 0. The molecular weight excluding hydrogens is 282 g/mol. The number of nitrogens with zero attached hydrogens (tertiary/aromatic N) is 1. The normalized spacial score (nSPS) is 23.1. The number of carbonyl (C=O) groups excluding carboxylic acids is 3. The van der Waals surface area contributed by atoms with E-state index < -0.39 is 11.6 Å². The molecule has 1 fully saturated rings. The molecule has 3 rings (SSSR count). The van der Waals surface area contributed by atoms with Crippen molar-refractivity contribution in [1.29, 1.82) is 0 Å². The van der Waals surface area contributed by atoms with E-state index in [2.05, 4.69) is 10.6 Å². The highest BCUT2D eigenvalue weighted by Gasteiger charge is 2.55. The number of aryl methyl sites for hydroxylation is 1. The van der Waals surface area contributed by atoms with Crippen molar-refractivity contribution in [2.75, 3.05) is 6.54 Å². The van der Waals surface area contributed by atoms with E-state index >= 15 is 0 Å². The Hall–Kier alpha value is -2.37. The second-order valence-electron chi connectivity index (χ2n) is 6.11. The van der Waals surface area contributed by atoms with E-state index in [1.807, 2.05) is 38.1 Å². The standard InChI is InChI=1S/C16H19N3O3/c1-10(2)17-13(20)9-19-14(21)16(18-15(19)22)8-7-11-5-3-4-6-12(11)16/h3-6,10H,7-9H2,1-2H3,(H,17,20)(H,18,22). The molecule has 1 heterocycles. The van der Waals surface area contributed by atoms with Crippen LogP contribution >= 0.6 is 0 Å². The van der Waals surface area contributed by atoms with E-state index in [0.717, 1.165) is 22.4 Å². The first kappa shape index (κ1) is 14.6. The van der Waals surface area contributed by atoms with Gasteiger partial charge in [0.15, 0.2) is 0 Å².